The lowest BCUT2D eigenvalue weighted by Gasteiger charge is -2.21. The third-order valence-corrected chi connectivity index (χ3v) is 4.95. The van der Waals surface area contributed by atoms with Crippen LogP contribution < -0.4 is 15.4 Å². The molecule has 1 aromatic carbocycles. The Morgan fingerprint density at radius 2 is 2.30 bits per heavy atom. The van der Waals surface area contributed by atoms with E-state index in [9.17, 15) is 4.79 Å². The maximum atomic E-state index is 11.9. The van der Waals surface area contributed by atoms with Crippen LogP contribution in [0.15, 0.2) is 28.7 Å². The summed E-state index contributed by atoms with van der Waals surface area (Å²) in [7, 11) is 0. The van der Waals surface area contributed by atoms with Crippen molar-refractivity contribution in [2.75, 3.05) is 37.7 Å². The van der Waals surface area contributed by atoms with Crippen LogP contribution in [-0.4, -0.2) is 43.7 Å². The number of hydrogen-bond donors (Lipinski definition) is 2. The Kier molecular flexibility index (Phi) is 10.8. The fourth-order valence-electron chi connectivity index (χ4n) is 2.34. The second-order valence-corrected chi connectivity index (χ2v) is 7.39. The number of rotatable bonds is 8. The van der Waals surface area contributed by atoms with Gasteiger partial charge in [-0.3, -0.25) is 4.79 Å². The number of amides is 1. The number of nitrogens with one attached hydrogen (secondary N) is 2. The van der Waals surface area contributed by atoms with Crippen molar-refractivity contribution < 1.29 is 9.53 Å². The Balaban J connectivity index is 0.00000264. The molecule has 0 aromatic heterocycles. The number of carbonyl (C=O) groups excluding carboxylic acids is 1. The normalized spacial score (nSPS) is 17.2. The summed E-state index contributed by atoms with van der Waals surface area (Å²) in [5, 5.41) is 6.29. The third-order valence-electron chi connectivity index (χ3n) is 3.51. The summed E-state index contributed by atoms with van der Waals surface area (Å²) in [4.78, 5) is 11.9. The van der Waals surface area contributed by atoms with Crippen LogP contribution in [0.2, 0.25) is 0 Å². The molecule has 1 aliphatic rings. The molecule has 1 unspecified atom stereocenters. The van der Waals surface area contributed by atoms with E-state index < -0.39 is 0 Å². The van der Waals surface area contributed by atoms with Gasteiger partial charge in [0, 0.05) is 29.1 Å². The van der Waals surface area contributed by atoms with Crippen molar-refractivity contribution in [2.24, 2.45) is 5.92 Å². The number of halogens is 2. The Labute approximate surface area is 157 Å². The molecule has 1 fully saturated rings. The maximum absolute atomic E-state index is 11.9. The predicted octanol–water partition coefficient (Wildman–Crippen LogP) is 3.10. The molecule has 0 spiro atoms. The molecule has 1 heterocycles. The molecule has 7 heteroatoms. The van der Waals surface area contributed by atoms with Crippen LogP contribution in [0.3, 0.4) is 0 Å². The first-order valence-corrected chi connectivity index (χ1v) is 9.65. The van der Waals surface area contributed by atoms with Crippen LogP contribution in [0.1, 0.15) is 12.8 Å². The first-order chi connectivity index (χ1) is 10.8. The first kappa shape index (κ1) is 20.6. The van der Waals surface area contributed by atoms with Gasteiger partial charge in [0.2, 0.25) is 5.91 Å². The highest BCUT2D eigenvalue weighted by molar-refractivity contribution is 9.10. The summed E-state index contributed by atoms with van der Waals surface area (Å²) in [6, 6.07) is 7.85. The summed E-state index contributed by atoms with van der Waals surface area (Å²) in [6.07, 6.45) is 2.10. The summed E-state index contributed by atoms with van der Waals surface area (Å²) in [6.45, 7) is 3.27. The Bertz CT molecular complexity index is 473. The molecule has 1 aliphatic heterocycles. The van der Waals surface area contributed by atoms with Crippen LogP contribution in [0.4, 0.5) is 0 Å². The smallest absolute Gasteiger partial charge is 0.224 e. The van der Waals surface area contributed by atoms with Crippen LogP contribution in [0.25, 0.3) is 0 Å². The van der Waals surface area contributed by atoms with E-state index in [0.717, 1.165) is 54.2 Å². The van der Waals surface area contributed by atoms with Gasteiger partial charge in [0.05, 0.1) is 12.5 Å². The minimum atomic E-state index is 0. The minimum absolute atomic E-state index is 0. The lowest BCUT2D eigenvalue weighted by Crippen LogP contribution is -2.41. The number of carbonyl (C=O) groups is 1. The largest absolute Gasteiger partial charge is 0.493 e. The highest BCUT2D eigenvalue weighted by atomic mass is 79.9. The van der Waals surface area contributed by atoms with Crippen molar-refractivity contribution in [3.05, 3.63) is 28.7 Å². The van der Waals surface area contributed by atoms with Crippen molar-refractivity contribution >= 4 is 46.0 Å². The third kappa shape index (κ3) is 8.29. The van der Waals surface area contributed by atoms with Crippen LogP contribution in [0.5, 0.6) is 5.75 Å². The fraction of sp³-hybridized carbons (Fsp3) is 0.562. The minimum Gasteiger partial charge on any atom is -0.493 e. The molecule has 0 bridgehead atoms. The monoisotopic (exact) mass is 422 g/mol. The zero-order chi connectivity index (χ0) is 15.6. The van der Waals surface area contributed by atoms with Gasteiger partial charge in [0.1, 0.15) is 5.75 Å². The zero-order valence-electron chi connectivity index (χ0n) is 13.1. The first-order valence-electron chi connectivity index (χ1n) is 7.70. The van der Waals surface area contributed by atoms with Crippen molar-refractivity contribution in [2.45, 2.75) is 12.8 Å². The Morgan fingerprint density at radius 3 is 3.04 bits per heavy atom. The van der Waals surface area contributed by atoms with Gasteiger partial charge in [-0.2, -0.15) is 11.8 Å². The topological polar surface area (TPSA) is 50.4 Å². The molecule has 1 saturated heterocycles. The number of benzene rings is 1. The molecule has 23 heavy (non-hydrogen) atoms. The van der Waals surface area contributed by atoms with E-state index in [2.05, 4.69) is 26.6 Å². The number of hydrogen-bond acceptors (Lipinski definition) is 4. The van der Waals surface area contributed by atoms with E-state index in [1.807, 2.05) is 24.3 Å². The molecule has 2 rings (SSSR count). The highest BCUT2D eigenvalue weighted by Gasteiger charge is 2.19. The molecule has 1 aromatic rings. The summed E-state index contributed by atoms with van der Waals surface area (Å²) in [5.74, 6) is 3.08. The summed E-state index contributed by atoms with van der Waals surface area (Å²) in [5.41, 5.74) is 0. The fourth-order valence-corrected chi connectivity index (χ4v) is 3.37. The van der Waals surface area contributed by atoms with Crippen LogP contribution in [0, 0.1) is 5.92 Å². The molecule has 1 atom stereocenters. The standard InChI is InChI=1S/C16H23BrN2O2S.ClH/c17-14-4-1-5-15(11-14)21-8-10-22-9-7-19-16(20)13-3-2-6-18-12-13;/h1,4-5,11,13,18H,2-3,6-10,12H2,(H,19,20);1H. The molecule has 130 valence electrons. The molecule has 4 nitrogen and oxygen atoms in total. The highest BCUT2D eigenvalue weighted by Crippen LogP contribution is 2.17. The lowest BCUT2D eigenvalue weighted by molar-refractivity contribution is -0.125. The Morgan fingerprint density at radius 1 is 1.43 bits per heavy atom. The lowest BCUT2D eigenvalue weighted by atomic mass is 9.99. The second kappa shape index (κ2) is 12.0. The molecule has 2 N–H and O–H groups in total. The molecule has 0 aliphatic carbocycles. The zero-order valence-corrected chi connectivity index (χ0v) is 16.3. The van der Waals surface area contributed by atoms with E-state index in [0.29, 0.717) is 6.61 Å². The van der Waals surface area contributed by atoms with E-state index in [4.69, 9.17) is 4.74 Å². The molecular formula is C16H24BrClN2O2S. The van der Waals surface area contributed by atoms with Crippen molar-refractivity contribution in [3.63, 3.8) is 0 Å². The number of thioether (sulfide) groups is 1. The summed E-state index contributed by atoms with van der Waals surface area (Å²) >= 11 is 5.22. The van der Waals surface area contributed by atoms with Gasteiger partial charge in [-0.15, -0.1) is 12.4 Å². The second-order valence-electron chi connectivity index (χ2n) is 5.25. The molecule has 0 saturated carbocycles. The van der Waals surface area contributed by atoms with Gasteiger partial charge in [-0.25, -0.2) is 0 Å². The van der Waals surface area contributed by atoms with E-state index in [1.165, 1.54) is 0 Å². The van der Waals surface area contributed by atoms with Gasteiger partial charge in [0.25, 0.3) is 0 Å². The van der Waals surface area contributed by atoms with Gasteiger partial charge < -0.3 is 15.4 Å². The SMILES string of the molecule is Cl.O=C(NCCSCCOc1cccc(Br)c1)C1CCCNC1. The van der Waals surface area contributed by atoms with Gasteiger partial charge in [-0.05, 0) is 37.6 Å². The average Bonchev–Trinajstić information content (AvgIpc) is 2.54. The van der Waals surface area contributed by atoms with Gasteiger partial charge in [0.15, 0.2) is 0 Å². The van der Waals surface area contributed by atoms with Crippen molar-refractivity contribution in [3.8, 4) is 5.75 Å². The van der Waals surface area contributed by atoms with Crippen LogP contribution in [-0.2, 0) is 4.79 Å². The molecule has 0 radical (unpaired) electrons. The average molecular weight is 424 g/mol. The van der Waals surface area contributed by atoms with E-state index in [-0.39, 0.29) is 24.2 Å². The predicted molar refractivity (Wildman–Crippen MR) is 103 cm³/mol. The van der Waals surface area contributed by atoms with Gasteiger partial charge >= 0.3 is 0 Å². The quantitative estimate of drug-likeness (QED) is 0.631. The van der Waals surface area contributed by atoms with Gasteiger partial charge in [-0.1, -0.05) is 22.0 Å². The van der Waals surface area contributed by atoms with E-state index >= 15 is 0 Å². The summed E-state index contributed by atoms with van der Waals surface area (Å²) < 4.78 is 6.69. The van der Waals surface area contributed by atoms with Crippen molar-refractivity contribution in [1.29, 1.82) is 0 Å². The Hall–Kier alpha value is -0.430. The maximum Gasteiger partial charge on any atom is 0.224 e. The number of ether oxygens (including phenoxy) is 1. The van der Waals surface area contributed by atoms with Crippen molar-refractivity contribution in [1.82, 2.24) is 10.6 Å². The van der Waals surface area contributed by atoms with Crippen LogP contribution >= 0.6 is 40.1 Å². The number of piperidine rings is 1. The van der Waals surface area contributed by atoms with E-state index in [1.54, 1.807) is 11.8 Å². The molecule has 1 amide bonds. The molecular weight excluding hydrogens is 400 g/mol.